The molecule has 1 heterocycles. The third-order valence-corrected chi connectivity index (χ3v) is 2.35. The summed E-state index contributed by atoms with van der Waals surface area (Å²) >= 11 is 11.6. The van der Waals surface area contributed by atoms with Crippen LogP contribution in [0.15, 0.2) is 24.3 Å². The van der Waals surface area contributed by atoms with Crippen LogP contribution in [0.3, 0.4) is 0 Å². The molecule has 0 amide bonds. The summed E-state index contributed by atoms with van der Waals surface area (Å²) in [5, 5.41) is 0.625. The lowest BCUT2D eigenvalue weighted by molar-refractivity contribution is 0.218. The van der Waals surface area contributed by atoms with Gasteiger partial charge in [0.05, 0.1) is 6.10 Å². The molecule has 0 bridgehead atoms. The number of rotatable bonds is 4. The molecule has 0 unspecified atom stereocenters. The van der Waals surface area contributed by atoms with Crippen molar-refractivity contribution in [1.82, 2.24) is 15.0 Å². The molecule has 2 aromatic rings. The zero-order valence-electron chi connectivity index (χ0n) is 10.3. The van der Waals surface area contributed by atoms with Crippen LogP contribution >= 0.6 is 23.2 Å². The minimum Gasteiger partial charge on any atom is -0.461 e. The minimum absolute atomic E-state index is 0.00890. The first-order valence-electron chi connectivity index (χ1n) is 5.54. The summed E-state index contributed by atoms with van der Waals surface area (Å²) in [5.41, 5.74) is 0. The van der Waals surface area contributed by atoms with E-state index in [4.69, 9.17) is 32.7 Å². The highest BCUT2D eigenvalue weighted by molar-refractivity contribution is 6.30. The van der Waals surface area contributed by atoms with Gasteiger partial charge in [0.15, 0.2) is 0 Å². The maximum absolute atomic E-state index is 5.78. The van der Waals surface area contributed by atoms with Gasteiger partial charge >= 0.3 is 12.0 Å². The molecule has 7 heteroatoms. The SMILES string of the molecule is CC(C)Oc1nc(Cl)nc(Oc2ccc(Cl)cc2)n1. The van der Waals surface area contributed by atoms with Gasteiger partial charge in [-0.2, -0.15) is 9.97 Å². The topological polar surface area (TPSA) is 57.1 Å². The van der Waals surface area contributed by atoms with E-state index in [1.54, 1.807) is 24.3 Å². The Morgan fingerprint density at radius 2 is 1.58 bits per heavy atom. The number of hydrogen-bond acceptors (Lipinski definition) is 5. The van der Waals surface area contributed by atoms with Crippen LogP contribution in [0.5, 0.6) is 17.8 Å². The molecular formula is C12H11Cl2N3O2. The van der Waals surface area contributed by atoms with E-state index in [-0.39, 0.29) is 23.4 Å². The summed E-state index contributed by atoms with van der Waals surface area (Å²) in [4.78, 5) is 11.7. The predicted molar refractivity (Wildman–Crippen MR) is 72.1 cm³/mol. The first-order valence-corrected chi connectivity index (χ1v) is 6.30. The standard InChI is InChI=1S/C12H11Cl2N3O2/c1-7(2)18-11-15-10(14)16-12(17-11)19-9-5-3-8(13)4-6-9/h3-7H,1-2H3. The van der Waals surface area contributed by atoms with Gasteiger partial charge in [-0.3, -0.25) is 0 Å². The highest BCUT2D eigenvalue weighted by Gasteiger charge is 2.09. The van der Waals surface area contributed by atoms with Crippen molar-refractivity contribution in [3.05, 3.63) is 34.6 Å². The summed E-state index contributed by atoms with van der Waals surface area (Å²) in [5.74, 6) is 0.544. The normalized spacial score (nSPS) is 10.6. The van der Waals surface area contributed by atoms with E-state index >= 15 is 0 Å². The molecule has 0 aliphatic carbocycles. The second-order valence-electron chi connectivity index (χ2n) is 3.89. The summed E-state index contributed by atoms with van der Waals surface area (Å²) in [7, 11) is 0. The van der Waals surface area contributed by atoms with Gasteiger partial charge in [-0.15, -0.1) is 4.98 Å². The Morgan fingerprint density at radius 1 is 0.947 bits per heavy atom. The Balaban J connectivity index is 2.19. The molecule has 2 rings (SSSR count). The van der Waals surface area contributed by atoms with Crippen molar-refractivity contribution in [3.8, 4) is 17.8 Å². The maximum Gasteiger partial charge on any atom is 0.329 e. The van der Waals surface area contributed by atoms with E-state index in [1.807, 2.05) is 13.8 Å². The summed E-state index contributed by atoms with van der Waals surface area (Å²) < 4.78 is 10.8. The molecule has 0 aliphatic rings. The van der Waals surface area contributed by atoms with E-state index in [9.17, 15) is 0 Å². The van der Waals surface area contributed by atoms with Crippen molar-refractivity contribution in [3.63, 3.8) is 0 Å². The molecule has 0 atom stereocenters. The highest BCUT2D eigenvalue weighted by Crippen LogP contribution is 2.22. The van der Waals surface area contributed by atoms with Crippen molar-refractivity contribution in [1.29, 1.82) is 0 Å². The van der Waals surface area contributed by atoms with Gasteiger partial charge in [0.2, 0.25) is 5.28 Å². The third kappa shape index (κ3) is 4.22. The lowest BCUT2D eigenvalue weighted by Crippen LogP contribution is -2.09. The van der Waals surface area contributed by atoms with E-state index in [2.05, 4.69) is 15.0 Å². The number of aromatic nitrogens is 3. The Hall–Kier alpha value is -1.59. The van der Waals surface area contributed by atoms with Crippen LogP contribution in [0.1, 0.15) is 13.8 Å². The number of nitrogens with zero attached hydrogens (tertiary/aromatic N) is 3. The summed E-state index contributed by atoms with van der Waals surface area (Å²) in [6.45, 7) is 3.72. The van der Waals surface area contributed by atoms with Crippen LogP contribution in [0.4, 0.5) is 0 Å². The molecule has 0 saturated heterocycles. The van der Waals surface area contributed by atoms with Crippen molar-refractivity contribution in [2.75, 3.05) is 0 Å². The summed E-state index contributed by atoms with van der Waals surface area (Å²) in [6.07, 6.45) is -0.0677. The fraction of sp³-hybridized carbons (Fsp3) is 0.250. The molecule has 0 saturated carbocycles. The quantitative estimate of drug-likeness (QED) is 0.860. The van der Waals surface area contributed by atoms with E-state index in [0.29, 0.717) is 10.8 Å². The van der Waals surface area contributed by atoms with E-state index in [0.717, 1.165) is 0 Å². The molecule has 0 radical (unpaired) electrons. The van der Waals surface area contributed by atoms with Crippen molar-refractivity contribution in [2.24, 2.45) is 0 Å². The van der Waals surface area contributed by atoms with Gasteiger partial charge in [-0.05, 0) is 49.7 Å². The Morgan fingerprint density at radius 3 is 2.21 bits per heavy atom. The van der Waals surface area contributed by atoms with E-state index in [1.165, 1.54) is 0 Å². The van der Waals surface area contributed by atoms with Crippen LogP contribution in [-0.2, 0) is 0 Å². The molecule has 0 spiro atoms. The molecule has 0 fully saturated rings. The van der Waals surface area contributed by atoms with Gasteiger partial charge in [0.1, 0.15) is 5.75 Å². The predicted octanol–water partition coefficient (Wildman–Crippen LogP) is 3.76. The van der Waals surface area contributed by atoms with Crippen molar-refractivity contribution >= 4 is 23.2 Å². The lowest BCUT2D eigenvalue weighted by Gasteiger charge is -2.09. The fourth-order valence-electron chi connectivity index (χ4n) is 1.23. The Kier molecular flexibility index (Phi) is 4.39. The number of halogens is 2. The van der Waals surface area contributed by atoms with Crippen molar-refractivity contribution in [2.45, 2.75) is 20.0 Å². The van der Waals surface area contributed by atoms with E-state index < -0.39 is 0 Å². The molecule has 1 aromatic heterocycles. The Labute approximate surface area is 120 Å². The van der Waals surface area contributed by atoms with Gasteiger partial charge in [0, 0.05) is 5.02 Å². The zero-order valence-corrected chi connectivity index (χ0v) is 11.8. The largest absolute Gasteiger partial charge is 0.461 e. The zero-order chi connectivity index (χ0) is 13.8. The minimum atomic E-state index is -0.0677. The molecule has 5 nitrogen and oxygen atoms in total. The average molecular weight is 300 g/mol. The second kappa shape index (κ2) is 6.04. The molecular weight excluding hydrogens is 289 g/mol. The molecule has 100 valence electrons. The molecule has 19 heavy (non-hydrogen) atoms. The maximum atomic E-state index is 5.78. The molecule has 0 aliphatic heterocycles. The smallest absolute Gasteiger partial charge is 0.329 e. The van der Waals surface area contributed by atoms with Crippen LogP contribution in [0.2, 0.25) is 10.3 Å². The van der Waals surface area contributed by atoms with Gasteiger partial charge in [-0.25, -0.2) is 0 Å². The highest BCUT2D eigenvalue weighted by atomic mass is 35.5. The number of hydrogen-bond donors (Lipinski definition) is 0. The van der Waals surface area contributed by atoms with Gasteiger partial charge < -0.3 is 9.47 Å². The van der Waals surface area contributed by atoms with Gasteiger partial charge in [-0.1, -0.05) is 11.6 Å². The monoisotopic (exact) mass is 299 g/mol. The lowest BCUT2D eigenvalue weighted by atomic mass is 10.3. The van der Waals surface area contributed by atoms with Crippen LogP contribution in [0, 0.1) is 0 Å². The van der Waals surface area contributed by atoms with Crippen LogP contribution in [-0.4, -0.2) is 21.1 Å². The van der Waals surface area contributed by atoms with Crippen molar-refractivity contribution < 1.29 is 9.47 Å². The number of benzene rings is 1. The first-order chi connectivity index (χ1) is 9.02. The molecule has 0 N–H and O–H groups in total. The third-order valence-electron chi connectivity index (χ3n) is 1.93. The average Bonchev–Trinajstić information content (AvgIpc) is 2.30. The Bertz CT molecular complexity index is 561. The second-order valence-corrected chi connectivity index (χ2v) is 4.67. The fourth-order valence-corrected chi connectivity index (χ4v) is 1.50. The van der Waals surface area contributed by atoms with Crippen LogP contribution in [0.25, 0.3) is 0 Å². The molecule has 1 aromatic carbocycles. The number of ether oxygens (including phenoxy) is 2. The summed E-state index contributed by atoms with van der Waals surface area (Å²) in [6, 6.07) is 6.99. The van der Waals surface area contributed by atoms with Gasteiger partial charge in [0.25, 0.3) is 0 Å². The first kappa shape index (κ1) is 13.8. The van der Waals surface area contributed by atoms with Crippen LogP contribution < -0.4 is 9.47 Å².